The van der Waals surface area contributed by atoms with Gasteiger partial charge in [0.1, 0.15) is 0 Å². The first-order valence-electron chi connectivity index (χ1n) is 5.64. The van der Waals surface area contributed by atoms with Crippen LogP contribution in [0, 0.1) is 6.92 Å². The average Bonchev–Trinajstić information content (AvgIpc) is 2.62. The first-order chi connectivity index (χ1) is 8.33. The Labute approximate surface area is 110 Å². The maximum Gasteiger partial charge on any atom is 0.304 e. The van der Waals surface area contributed by atoms with Crippen LogP contribution in [0.25, 0.3) is 0 Å². The van der Waals surface area contributed by atoms with E-state index in [4.69, 9.17) is 26.2 Å². The molecule has 0 radical (unpaired) electrons. The highest BCUT2D eigenvalue weighted by Crippen LogP contribution is 2.47. The van der Waals surface area contributed by atoms with E-state index in [1.807, 2.05) is 26.8 Å². The maximum atomic E-state index is 10.9. The SMILES string of the molecule is Cc1cc2c(c(Cl)c1C(C)(C)CC(=O)O)OCO2. The summed E-state index contributed by atoms with van der Waals surface area (Å²) in [5.41, 5.74) is 1.15. The van der Waals surface area contributed by atoms with Gasteiger partial charge in [-0.2, -0.15) is 0 Å². The van der Waals surface area contributed by atoms with Crippen LogP contribution in [0.2, 0.25) is 5.02 Å². The zero-order valence-electron chi connectivity index (χ0n) is 10.5. The molecule has 1 heterocycles. The molecule has 98 valence electrons. The normalized spacial score (nSPS) is 13.8. The molecule has 0 unspecified atom stereocenters. The van der Waals surface area contributed by atoms with E-state index in [-0.39, 0.29) is 13.2 Å². The van der Waals surface area contributed by atoms with E-state index in [2.05, 4.69) is 0 Å². The Balaban J connectivity index is 2.54. The summed E-state index contributed by atoms with van der Waals surface area (Å²) in [4.78, 5) is 10.9. The maximum absolute atomic E-state index is 10.9. The van der Waals surface area contributed by atoms with Gasteiger partial charge in [-0.15, -0.1) is 0 Å². The van der Waals surface area contributed by atoms with Crippen molar-refractivity contribution in [1.29, 1.82) is 0 Å². The number of rotatable bonds is 3. The zero-order valence-corrected chi connectivity index (χ0v) is 11.3. The molecule has 0 spiro atoms. The third-order valence-corrected chi connectivity index (χ3v) is 3.43. The summed E-state index contributed by atoms with van der Waals surface area (Å²) in [6.45, 7) is 5.76. The number of aliphatic carboxylic acids is 1. The van der Waals surface area contributed by atoms with Gasteiger partial charge in [0.25, 0.3) is 0 Å². The standard InChI is InChI=1S/C13H15ClO4/c1-7-4-8-12(18-6-17-8)11(14)10(7)13(2,3)5-9(15)16/h4H,5-6H2,1-3H3,(H,15,16). The minimum Gasteiger partial charge on any atom is -0.481 e. The van der Waals surface area contributed by atoms with Crippen LogP contribution in [0.1, 0.15) is 31.4 Å². The fourth-order valence-corrected chi connectivity index (χ4v) is 2.97. The van der Waals surface area contributed by atoms with E-state index in [9.17, 15) is 4.79 Å². The molecule has 0 atom stereocenters. The predicted octanol–water partition coefficient (Wildman–Crippen LogP) is 3.13. The van der Waals surface area contributed by atoms with Crippen LogP contribution >= 0.6 is 11.6 Å². The first-order valence-corrected chi connectivity index (χ1v) is 6.01. The molecule has 0 aliphatic carbocycles. The number of carboxylic acid groups (broad SMARTS) is 1. The number of carbonyl (C=O) groups is 1. The second-order valence-corrected chi connectivity index (χ2v) is 5.45. The summed E-state index contributed by atoms with van der Waals surface area (Å²) in [5, 5.41) is 9.44. The number of benzene rings is 1. The van der Waals surface area contributed by atoms with Crippen molar-refractivity contribution >= 4 is 17.6 Å². The molecular weight excluding hydrogens is 256 g/mol. The van der Waals surface area contributed by atoms with Gasteiger partial charge in [0.05, 0.1) is 11.4 Å². The Kier molecular flexibility index (Phi) is 3.15. The van der Waals surface area contributed by atoms with Crippen LogP contribution in [0.15, 0.2) is 6.07 Å². The van der Waals surface area contributed by atoms with Crippen molar-refractivity contribution in [2.24, 2.45) is 0 Å². The minimum atomic E-state index is -0.854. The smallest absolute Gasteiger partial charge is 0.304 e. The number of fused-ring (bicyclic) bond motifs is 1. The first kappa shape index (κ1) is 13.0. The second-order valence-electron chi connectivity index (χ2n) is 5.07. The fraction of sp³-hybridized carbons (Fsp3) is 0.462. The summed E-state index contributed by atoms with van der Waals surface area (Å²) in [7, 11) is 0. The molecule has 0 amide bonds. The number of carboxylic acids is 1. The minimum absolute atomic E-state index is 0.00715. The van der Waals surface area contributed by atoms with Crippen molar-refractivity contribution in [2.75, 3.05) is 6.79 Å². The van der Waals surface area contributed by atoms with Gasteiger partial charge in [0.2, 0.25) is 6.79 Å². The van der Waals surface area contributed by atoms with Crippen LogP contribution in [0.3, 0.4) is 0 Å². The molecule has 0 bridgehead atoms. The van der Waals surface area contributed by atoms with Crippen LogP contribution in [0.5, 0.6) is 11.5 Å². The highest BCUT2D eigenvalue weighted by atomic mass is 35.5. The molecule has 1 aliphatic heterocycles. The Morgan fingerprint density at radius 2 is 2.17 bits per heavy atom. The Morgan fingerprint density at radius 3 is 2.78 bits per heavy atom. The van der Waals surface area contributed by atoms with E-state index in [1.54, 1.807) is 0 Å². The molecule has 0 aromatic heterocycles. The predicted molar refractivity (Wildman–Crippen MR) is 67.6 cm³/mol. The number of halogens is 1. The molecule has 18 heavy (non-hydrogen) atoms. The van der Waals surface area contributed by atoms with E-state index in [0.29, 0.717) is 16.5 Å². The van der Waals surface area contributed by atoms with Crippen molar-refractivity contribution < 1.29 is 19.4 Å². The number of hydrogen-bond donors (Lipinski definition) is 1. The summed E-state index contributed by atoms with van der Waals surface area (Å²) >= 11 is 6.33. The van der Waals surface area contributed by atoms with Crippen molar-refractivity contribution in [3.8, 4) is 11.5 Å². The molecular formula is C13H15ClO4. The third kappa shape index (κ3) is 2.12. The van der Waals surface area contributed by atoms with Crippen molar-refractivity contribution in [2.45, 2.75) is 32.6 Å². The lowest BCUT2D eigenvalue weighted by Gasteiger charge is -2.27. The fourth-order valence-electron chi connectivity index (χ4n) is 2.42. The van der Waals surface area contributed by atoms with Gasteiger partial charge < -0.3 is 14.6 Å². The molecule has 4 nitrogen and oxygen atoms in total. The van der Waals surface area contributed by atoms with Gasteiger partial charge in [-0.1, -0.05) is 25.4 Å². The summed E-state index contributed by atoms with van der Waals surface area (Å²) in [6, 6.07) is 1.84. The molecule has 1 aromatic carbocycles. The summed E-state index contributed by atoms with van der Waals surface area (Å²) in [6.07, 6.45) is 0.00715. The molecule has 1 aromatic rings. The number of hydrogen-bond acceptors (Lipinski definition) is 3. The summed E-state index contributed by atoms with van der Waals surface area (Å²) in [5.74, 6) is 0.274. The highest BCUT2D eigenvalue weighted by molar-refractivity contribution is 6.33. The largest absolute Gasteiger partial charge is 0.481 e. The molecule has 2 rings (SSSR count). The van der Waals surface area contributed by atoms with Crippen LogP contribution in [-0.2, 0) is 10.2 Å². The van der Waals surface area contributed by atoms with Crippen molar-refractivity contribution in [3.05, 3.63) is 22.2 Å². The van der Waals surface area contributed by atoms with Gasteiger partial charge in [-0.3, -0.25) is 4.79 Å². The van der Waals surface area contributed by atoms with Crippen molar-refractivity contribution in [1.82, 2.24) is 0 Å². The molecule has 1 aliphatic rings. The summed E-state index contributed by atoms with van der Waals surface area (Å²) < 4.78 is 10.6. The zero-order chi connectivity index (χ0) is 13.5. The topological polar surface area (TPSA) is 55.8 Å². The van der Waals surface area contributed by atoms with Crippen LogP contribution in [-0.4, -0.2) is 17.9 Å². The van der Waals surface area contributed by atoms with Gasteiger partial charge in [0, 0.05) is 5.41 Å². The lowest BCUT2D eigenvalue weighted by molar-refractivity contribution is -0.138. The molecule has 0 saturated heterocycles. The second kappa shape index (κ2) is 4.35. The average molecular weight is 271 g/mol. The van der Waals surface area contributed by atoms with E-state index in [0.717, 1.165) is 11.1 Å². The van der Waals surface area contributed by atoms with E-state index >= 15 is 0 Å². The molecule has 1 N–H and O–H groups in total. The lowest BCUT2D eigenvalue weighted by Crippen LogP contribution is -2.23. The number of ether oxygens (including phenoxy) is 2. The Bertz CT molecular complexity index is 508. The highest BCUT2D eigenvalue weighted by Gasteiger charge is 2.32. The quantitative estimate of drug-likeness (QED) is 0.917. The Morgan fingerprint density at radius 1 is 1.50 bits per heavy atom. The van der Waals surface area contributed by atoms with Crippen LogP contribution < -0.4 is 9.47 Å². The lowest BCUT2D eigenvalue weighted by atomic mass is 9.79. The monoisotopic (exact) mass is 270 g/mol. The van der Waals surface area contributed by atoms with E-state index in [1.165, 1.54) is 0 Å². The molecule has 5 heteroatoms. The number of aryl methyl sites for hydroxylation is 1. The van der Waals surface area contributed by atoms with E-state index < -0.39 is 11.4 Å². The van der Waals surface area contributed by atoms with Gasteiger partial charge in [-0.05, 0) is 24.1 Å². The van der Waals surface area contributed by atoms with Crippen LogP contribution in [0.4, 0.5) is 0 Å². The van der Waals surface area contributed by atoms with Crippen molar-refractivity contribution in [3.63, 3.8) is 0 Å². The Hall–Kier alpha value is -1.42. The van der Waals surface area contributed by atoms with Gasteiger partial charge in [0.15, 0.2) is 11.5 Å². The molecule has 0 saturated carbocycles. The van der Waals surface area contributed by atoms with Gasteiger partial charge >= 0.3 is 5.97 Å². The van der Waals surface area contributed by atoms with Gasteiger partial charge in [-0.25, -0.2) is 0 Å². The molecule has 0 fully saturated rings. The third-order valence-electron chi connectivity index (χ3n) is 3.07.